The van der Waals surface area contributed by atoms with Crippen LogP contribution < -0.4 is 5.32 Å². The highest BCUT2D eigenvalue weighted by molar-refractivity contribution is 5.93. The largest absolute Gasteiger partial charge is 0.466 e. The number of unbranched alkanes of at least 4 members (excludes halogenated alkanes) is 1. The number of amides is 2. The number of carbonyl (C=O) groups is 6. The number of ether oxygens (including phenoxy) is 5. The Morgan fingerprint density at radius 2 is 1.29 bits per heavy atom. The van der Waals surface area contributed by atoms with Crippen LogP contribution in [0.4, 0.5) is 0 Å². The zero-order valence-corrected chi connectivity index (χ0v) is 20.1. The maximum Gasteiger partial charge on any atom is 0.331 e. The third kappa shape index (κ3) is 17.4. The Kier molecular flexibility index (Phi) is 17.6. The molecule has 196 valence electrons. The highest BCUT2D eigenvalue weighted by Gasteiger charge is 2.17. The Morgan fingerprint density at radius 1 is 0.800 bits per heavy atom. The first-order valence-corrected chi connectivity index (χ1v) is 10.7. The summed E-state index contributed by atoms with van der Waals surface area (Å²) >= 11 is 0. The van der Waals surface area contributed by atoms with Crippen LogP contribution in [0.15, 0.2) is 24.3 Å². The third-order valence-electron chi connectivity index (χ3n) is 4.01. The molecule has 13 nitrogen and oxygen atoms in total. The molecule has 1 fully saturated rings. The van der Waals surface area contributed by atoms with Gasteiger partial charge < -0.3 is 33.9 Å². The molecule has 0 saturated carbocycles. The van der Waals surface area contributed by atoms with E-state index in [9.17, 15) is 28.8 Å². The molecule has 0 aliphatic carbocycles. The first kappa shape index (κ1) is 31.3. The number of hydrogen-bond donors (Lipinski definition) is 1. The van der Waals surface area contributed by atoms with Crippen molar-refractivity contribution in [3.63, 3.8) is 0 Å². The summed E-state index contributed by atoms with van der Waals surface area (Å²) in [6.07, 6.45) is 5.53. The van der Waals surface area contributed by atoms with Crippen molar-refractivity contribution in [1.29, 1.82) is 0 Å². The Bertz CT molecular complexity index is 771. The molecule has 1 saturated heterocycles. The SMILES string of the molecule is CCCCNC(=O)COC(=O)/C=C/C(=O)OC.COC(=O)/C=C/C(=O)OCC(=O)N1CCOCC1. The van der Waals surface area contributed by atoms with E-state index in [4.69, 9.17) is 4.74 Å². The molecule has 0 aromatic rings. The van der Waals surface area contributed by atoms with Gasteiger partial charge in [0.25, 0.3) is 11.8 Å². The van der Waals surface area contributed by atoms with Crippen molar-refractivity contribution < 1.29 is 52.5 Å². The summed E-state index contributed by atoms with van der Waals surface area (Å²) in [4.78, 5) is 67.7. The van der Waals surface area contributed by atoms with E-state index < -0.39 is 23.9 Å². The average molecular weight is 501 g/mol. The van der Waals surface area contributed by atoms with Gasteiger partial charge in [-0.15, -0.1) is 0 Å². The molecule has 0 spiro atoms. The molecule has 1 aliphatic heterocycles. The van der Waals surface area contributed by atoms with Crippen LogP contribution in [0.1, 0.15) is 19.8 Å². The number of methoxy groups -OCH3 is 2. The third-order valence-corrected chi connectivity index (χ3v) is 4.01. The molecule has 13 heteroatoms. The summed E-state index contributed by atoms with van der Waals surface area (Å²) in [6.45, 7) is 3.83. The first-order valence-electron chi connectivity index (χ1n) is 10.7. The van der Waals surface area contributed by atoms with Crippen LogP contribution in [0.3, 0.4) is 0 Å². The number of nitrogens with one attached hydrogen (secondary N) is 1. The lowest BCUT2D eigenvalue weighted by Crippen LogP contribution is -2.42. The summed E-state index contributed by atoms with van der Waals surface area (Å²) in [5.41, 5.74) is 0. The minimum atomic E-state index is -0.763. The molecule has 0 unspecified atom stereocenters. The van der Waals surface area contributed by atoms with Crippen molar-refractivity contribution >= 4 is 35.7 Å². The quantitative estimate of drug-likeness (QED) is 0.165. The lowest BCUT2D eigenvalue weighted by molar-refractivity contribution is -0.150. The Labute approximate surface area is 203 Å². The predicted molar refractivity (Wildman–Crippen MR) is 120 cm³/mol. The molecule has 0 radical (unpaired) electrons. The maximum absolute atomic E-state index is 11.6. The minimum absolute atomic E-state index is 0.280. The van der Waals surface area contributed by atoms with Crippen molar-refractivity contribution in [3.05, 3.63) is 24.3 Å². The van der Waals surface area contributed by atoms with E-state index >= 15 is 0 Å². The minimum Gasteiger partial charge on any atom is -0.466 e. The topological polar surface area (TPSA) is 164 Å². The highest BCUT2D eigenvalue weighted by Crippen LogP contribution is 1.98. The smallest absolute Gasteiger partial charge is 0.331 e. The molecule has 1 rings (SSSR count). The van der Waals surface area contributed by atoms with Gasteiger partial charge >= 0.3 is 23.9 Å². The molecule has 1 aliphatic rings. The highest BCUT2D eigenvalue weighted by atomic mass is 16.5. The van der Waals surface area contributed by atoms with E-state index in [0.717, 1.165) is 37.1 Å². The molecule has 1 N–H and O–H groups in total. The van der Waals surface area contributed by atoms with E-state index in [2.05, 4.69) is 24.3 Å². The second-order valence-corrected chi connectivity index (χ2v) is 6.63. The fourth-order valence-corrected chi connectivity index (χ4v) is 2.13. The Hall–Kier alpha value is -3.74. The van der Waals surface area contributed by atoms with E-state index in [1.54, 1.807) is 4.90 Å². The van der Waals surface area contributed by atoms with Gasteiger partial charge in [0.2, 0.25) is 0 Å². The summed E-state index contributed by atoms with van der Waals surface area (Å²) in [6, 6.07) is 0. The van der Waals surface area contributed by atoms with Crippen LogP contribution >= 0.6 is 0 Å². The van der Waals surface area contributed by atoms with Crippen molar-refractivity contribution in [3.8, 4) is 0 Å². The van der Waals surface area contributed by atoms with Crippen LogP contribution in [0.5, 0.6) is 0 Å². The molecule has 35 heavy (non-hydrogen) atoms. The summed E-state index contributed by atoms with van der Waals surface area (Å²) in [7, 11) is 2.39. The van der Waals surface area contributed by atoms with Crippen molar-refractivity contribution in [1.82, 2.24) is 10.2 Å². The van der Waals surface area contributed by atoms with Crippen LogP contribution in [0, 0.1) is 0 Å². The fourth-order valence-electron chi connectivity index (χ4n) is 2.13. The zero-order valence-electron chi connectivity index (χ0n) is 20.1. The average Bonchev–Trinajstić information content (AvgIpc) is 2.88. The number of carbonyl (C=O) groups excluding carboxylic acids is 6. The Morgan fingerprint density at radius 3 is 1.77 bits per heavy atom. The van der Waals surface area contributed by atoms with Crippen LogP contribution in [-0.4, -0.2) is 101 Å². The zero-order chi connectivity index (χ0) is 26.5. The van der Waals surface area contributed by atoms with Crippen molar-refractivity contribution in [2.24, 2.45) is 0 Å². The lowest BCUT2D eigenvalue weighted by atomic mass is 10.3. The molecule has 0 bridgehead atoms. The number of esters is 4. The van der Waals surface area contributed by atoms with Gasteiger partial charge in [0.05, 0.1) is 27.4 Å². The van der Waals surface area contributed by atoms with Crippen molar-refractivity contribution in [2.45, 2.75) is 19.8 Å². The normalized spacial score (nSPS) is 12.8. The molecule has 0 aromatic heterocycles. The van der Waals surface area contributed by atoms with Gasteiger partial charge in [-0.1, -0.05) is 13.3 Å². The molecule has 0 aromatic carbocycles. The van der Waals surface area contributed by atoms with Gasteiger partial charge in [-0.3, -0.25) is 9.59 Å². The van der Waals surface area contributed by atoms with Gasteiger partial charge in [-0.05, 0) is 6.42 Å². The van der Waals surface area contributed by atoms with Crippen molar-refractivity contribution in [2.75, 3.05) is 60.3 Å². The van der Waals surface area contributed by atoms with Gasteiger partial charge in [0.15, 0.2) is 13.2 Å². The number of nitrogens with zero attached hydrogens (tertiary/aromatic N) is 1. The van der Waals surface area contributed by atoms with Gasteiger partial charge in [0, 0.05) is 43.9 Å². The van der Waals surface area contributed by atoms with E-state index in [1.165, 1.54) is 14.2 Å². The van der Waals surface area contributed by atoms with Crippen LogP contribution in [0.25, 0.3) is 0 Å². The van der Waals surface area contributed by atoms with E-state index in [-0.39, 0.29) is 25.0 Å². The van der Waals surface area contributed by atoms with Gasteiger partial charge in [-0.2, -0.15) is 0 Å². The number of morpholine rings is 1. The monoisotopic (exact) mass is 500 g/mol. The first-order chi connectivity index (χ1) is 16.7. The maximum atomic E-state index is 11.6. The summed E-state index contributed by atoms with van der Waals surface area (Å²) in [5, 5.41) is 2.58. The molecule has 1 heterocycles. The van der Waals surface area contributed by atoms with Gasteiger partial charge in [-0.25, -0.2) is 19.2 Å². The molecule has 0 atom stereocenters. The van der Waals surface area contributed by atoms with E-state index in [0.29, 0.717) is 32.8 Å². The lowest BCUT2D eigenvalue weighted by Gasteiger charge is -2.26. The van der Waals surface area contributed by atoms with Gasteiger partial charge in [0.1, 0.15) is 0 Å². The number of hydrogen-bond acceptors (Lipinski definition) is 11. The number of rotatable bonds is 11. The standard InChI is InChI=1S/C11H15NO6.C11H17NO5/c1-16-10(14)2-3-11(15)18-8-9(13)12-4-6-17-7-5-12;1-3-4-7-12-9(13)8-17-11(15)6-5-10(14)16-2/h2-3H,4-8H2,1H3;5-6H,3-4,7-8H2,1-2H3,(H,12,13)/b3-2+;6-5+. The predicted octanol–water partition coefficient (Wildman–Crippen LogP) is -0.707. The Balaban J connectivity index is 0.000000662. The molecule has 2 amide bonds. The second-order valence-electron chi connectivity index (χ2n) is 6.63. The summed E-state index contributed by atoms with van der Waals surface area (Å²) in [5.74, 6) is -3.49. The van der Waals surface area contributed by atoms with E-state index in [1.807, 2.05) is 6.92 Å². The summed E-state index contributed by atoms with van der Waals surface area (Å²) < 4.78 is 22.9. The second kappa shape index (κ2) is 19.7. The van der Waals surface area contributed by atoms with Crippen LogP contribution in [-0.2, 0) is 52.5 Å². The van der Waals surface area contributed by atoms with Crippen LogP contribution in [0.2, 0.25) is 0 Å². The fraction of sp³-hybridized carbons (Fsp3) is 0.545. The molecular formula is C22H32N2O11. The molecular weight excluding hydrogens is 468 g/mol.